The number of likely N-dealkylation sites (tertiary alicyclic amines) is 1. The molecule has 0 atom stereocenters. The van der Waals surface area contributed by atoms with Crippen LogP contribution in [0.2, 0.25) is 0 Å². The van der Waals surface area contributed by atoms with E-state index >= 15 is 0 Å². The fourth-order valence-corrected chi connectivity index (χ4v) is 2.60. The van der Waals surface area contributed by atoms with Crippen molar-refractivity contribution >= 4 is 17.4 Å². The molecule has 0 bridgehead atoms. The highest BCUT2D eigenvalue weighted by Crippen LogP contribution is 2.13. The topological polar surface area (TPSA) is 62.5 Å². The van der Waals surface area contributed by atoms with Gasteiger partial charge in [0.2, 0.25) is 5.91 Å². The molecule has 1 aliphatic heterocycles. The van der Waals surface area contributed by atoms with Gasteiger partial charge < -0.3 is 10.2 Å². The average molecular weight is 273 g/mol. The molecule has 0 aromatic carbocycles. The van der Waals surface area contributed by atoms with Gasteiger partial charge in [0.25, 0.3) is 0 Å². The predicted molar refractivity (Wildman–Crippen MR) is 76.6 cm³/mol. The van der Waals surface area contributed by atoms with Gasteiger partial charge in [0.05, 0.1) is 6.54 Å². The maximum atomic E-state index is 12.1. The summed E-state index contributed by atoms with van der Waals surface area (Å²) in [4.78, 5) is 18.3. The molecule has 3 heterocycles. The lowest BCUT2D eigenvalue weighted by Gasteiger charge is -2.26. The van der Waals surface area contributed by atoms with Crippen LogP contribution >= 0.6 is 0 Å². The highest BCUT2D eigenvalue weighted by molar-refractivity contribution is 5.80. The number of aromatic nitrogens is 3. The first kappa shape index (κ1) is 12.9. The Labute approximate surface area is 117 Å². The lowest BCUT2D eigenvalue weighted by atomic mass is 10.1. The lowest BCUT2D eigenvalue weighted by molar-refractivity contribution is -0.130. The maximum absolute atomic E-state index is 12.1. The molecular formula is C14H19N5O. The smallest absolute Gasteiger partial charge is 0.241 e. The summed E-state index contributed by atoms with van der Waals surface area (Å²) < 4.78 is 1.72. The van der Waals surface area contributed by atoms with Gasteiger partial charge in [-0.05, 0) is 43.9 Å². The number of rotatable bonds is 3. The Bertz CT molecular complexity index is 615. The third-order valence-corrected chi connectivity index (χ3v) is 3.65. The molecule has 2 aromatic rings. The monoisotopic (exact) mass is 273 g/mol. The van der Waals surface area contributed by atoms with Crippen LogP contribution in [0.1, 0.15) is 24.8 Å². The van der Waals surface area contributed by atoms with Crippen molar-refractivity contribution in [1.82, 2.24) is 19.5 Å². The van der Waals surface area contributed by atoms with Crippen LogP contribution in [0.4, 0.5) is 5.82 Å². The second-order valence-corrected chi connectivity index (χ2v) is 5.24. The van der Waals surface area contributed by atoms with Crippen LogP contribution in [0.15, 0.2) is 18.5 Å². The Balaban J connectivity index is 1.70. The van der Waals surface area contributed by atoms with Crippen molar-refractivity contribution in [3.8, 4) is 0 Å². The zero-order valence-electron chi connectivity index (χ0n) is 11.7. The minimum Gasteiger partial charge on any atom is -0.361 e. The molecule has 1 N–H and O–H groups in total. The molecule has 20 heavy (non-hydrogen) atoms. The number of pyridine rings is 1. The molecule has 0 unspecified atom stereocenters. The molecule has 2 aromatic heterocycles. The number of amides is 1. The molecule has 6 nitrogen and oxygen atoms in total. The van der Waals surface area contributed by atoms with Gasteiger partial charge in [-0.3, -0.25) is 4.79 Å². The summed E-state index contributed by atoms with van der Waals surface area (Å²) in [6.45, 7) is 4.07. The van der Waals surface area contributed by atoms with Crippen molar-refractivity contribution in [2.45, 2.75) is 26.2 Å². The van der Waals surface area contributed by atoms with Gasteiger partial charge in [0.15, 0.2) is 5.65 Å². The zero-order valence-corrected chi connectivity index (χ0v) is 11.7. The SMILES string of the molecule is Cc1cc(NCC(=O)N2CCCCC2)n2ncnc2c1. The van der Waals surface area contributed by atoms with Crippen molar-refractivity contribution in [2.24, 2.45) is 0 Å². The van der Waals surface area contributed by atoms with Gasteiger partial charge in [-0.1, -0.05) is 0 Å². The number of hydrogen-bond acceptors (Lipinski definition) is 4. The molecular weight excluding hydrogens is 254 g/mol. The second-order valence-electron chi connectivity index (χ2n) is 5.24. The third-order valence-electron chi connectivity index (χ3n) is 3.65. The summed E-state index contributed by atoms with van der Waals surface area (Å²) in [7, 11) is 0. The van der Waals surface area contributed by atoms with Gasteiger partial charge in [0, 0.05) is 13.1 Å². The number of piperidine rings is 1. The summed E-state index contributed by atoms with van der Waals surface area (Å²) in [5, 5.41) is 7.35. The standard InChI is InChI=1S/C14H19N5O/c1-11-7-12(19-13(8-11)16-10-17-19)15-9-14(20)18-5-3-2-4-6-18/h7-8,10,15H,2-6,9H2,1H3. The summed E-state index contributed by atoms with van der Waals surface area (Å²) in [5.41, 5.74) is 1.89. The fourth-order valence-electron chi connectivity index (χ4n) is 2.60. The number of hydrogen-bond donors (Lipinski definition) is 1. The van der Waals surface area contributed by atoms with Crippen LogP contribution in [0.25, 0.3) is 5.65 Å². The van der Waals surface area contributed by atoms with E-state index in [2.05, 4.69) is 15.4 Å². The van der Waals surface area contributed by atoms with E-state index in [0.29, 0.717) is 6.54 Å². The molecule has 6 heteroatoms. The summed E-state index contributed by atoms with van der Waals surface area (Å²) in [6, 6.07) is 3.94. The molecule has 0 radical (unpaired) electrons. The Morgan fingerprint density at radius 3 is 2.90 bits per heavy atom. The van der Waals surface area contributed by atoms with Crippen molar-refractivity contribution in [3.05, 3.63) is 24.0 Å². The van der Waals surface area contributed by atoms with Gasteiger partial charge in [-0.2, -0.15) is 9.61 Å². The molecule has 1 aliphatic rings. The highest BCUT2D eigenvalue weighted by Gasteiger charge is 2.16. The van der Waals surface area contributed by atoms with Crippen molar-refractivity contribution in [2.75, 3.05) is 25.0 Å². The van der Waals surface area contributed by atoms with Gasteiger partial charge in [-0.15, -0.1) is 0 Å². The van der Waals surface area contributed by atoms with Crippen molar-refractivity contribution in [1.29, 1.82) is 0 Å². The predicted octanol–water partition coefficient (Wildman–Crippen LogP) is 1.46. The Morgan fingerprint density at radius 2 is 2.10 bits per heavy atom. The number of carbonyl (C=O) groups excluding carboxylic acids is 1. The maximum Gasteiger partial charge on any atom is 0.241 e. The summed E-state index contributed by atoms with van der Waals surface area (Å²) in [5.74, 6) is 0.960. The van der Waals surface area contributed by atoms with Gasteiger partial charge >= 0.3 is 0 Å². The number of anilines is 1. The molecule has 0 aliphatic carbocycles. The zero-order chi connectivity index (χ0) is 13.9. The first-order valence-electron chi connectivity index (χ1n) is 7.06. The lowest BCUT2D eigenvalue weighted by Crippen LogP contribution is -2.39. The molecule has 0 spiro atoms. The van der Waals surface area contributed by atoms with Crippen LogP contribution in [0.5, 0.6) is 0 Å². The largest absolute Gasteiger partial charge is 0.361 e. The average Bonchev–Trinajstić information content (AvgIpc) is 2.93. The van der Waals surface area contributed by atoms with Crippen LogP contribution in [0.3, 0.4) is 0 Å². The number of carbonyl (C=O) groups is 1. The summed E-state index contributed by atoms with van der Waals surface area (Å²) in [6.07, 6.45) is 4.98. The molecule has 1 amide bonds. The Morgan fingerprint density at radius 1 is 1.30 bits per heavy atom. The van der Waals surface area contributed by atoms with E-state index in [1.807, 2.05) is 24.0 Å². The van der Waals surface area contributed by atoms with Crippen LogP contribution < -0.4 is 5.32 Å². The van der Waals surface area contributed by atoms with E-state index < -0.39 is 0 Å². The first-order chi connectivity index (χ1) is 9.74. The molecule has 0 saturated carbocycles. The quantitative estimate of drug-likeness (QED) is 0.919. The number of nitrogens with one attached hydrogen (secondary N) is 1. The Kier molecular flexibility index (Phi) is 3.54. The molecule has 1 fully saturated rings. The Hall–Kier alpha value is -2.11. The second kappa shape index (κ2) is 5.48. The fraction of sp³-hybridized carbons (Fsp3) is 0.500. The van der Waals surface area contributed by atoms with E-state index in [1.165, 1.54) is 12.7 Å². The minimum absolute atomic E-state index is 0.152. The van der Waals surface area contributed by atoms with E-state index in [-0.39, 0.29) is 5.91 Å². The number of nitrogens with zero attached hydrogens (tertiary/aromatic N) is 4. The van der Waals surface area contributed by atoms with E-state index in [1.54, 1.807) is 4.52 Å². The molecule has 106 valence electrons. The minimum atomic E-state index is 0.152. The van der Waals surface area contributed by atoms with E-state index in [9.17, 15) is 4.79 Å². The van der Waals surface area contributed by atoms with Crippen LogP contribution in [-0.4, -0.2) is 45.0 Å². The number of fused-ring (bicyclic) bond motifs is 1. The first-order valence-corrected chi connectivity index (χ1v) is 7.06. The van der Waals surface area contributed by atoms with Gasteiger partial charge in [-0.25, -0.2) is 4.98 Å². The van der Waals surface area contributed by atoms with Gasteiger partial charge in [0.1, 0.15) is 12.1 Å². The molecule has 1 saturated heterocycles. The highest BCUT2D eigenvalue weighted by atomic mass is 16.2. The molecule has 3 rings (SSSR count). The normalized spacial score (nSPS) is 15.6. The van der Waals surface area contributed by atoms with E-state index in [4.69, 9.17) is 0 Å². The van der Waals surface area contributed by atoms with Crippen LogP contribution in [0, 0.1) is 6.92 Å². The van der Waals surface area contributed by atoms with E-state index in [0.717, 1.165) is 43.0 Å². The van der Waals surface area contributed by atoms with Crippen LogP contribution in [-0.2, 0) is 4.79 Å². The number of aryl methyl sites for hydroxylation is 1. The summed E-state index contributed by atoms with van der Waals surface area (Å²) >= 11 is 0. The van der Waals surface area contributed by atoms with Crippen molar-refractivity contribution in [3.63, 3.8) is 0 Å². The van der Waals surface area contributed by atoms with Crippen molar-refractivity contribution < 1.29 is 4.79 Å². The third kappa shape index (κ3) is 2.59.